The SMILES string of the molecule is O=C(NCc1ccc2c(c1)OCCO2)c1ccc2c(c1)B(O)OC2. The van der Waals surface area contributed by atoms with Crippen LogP contribution >= 0.6 is 0 Å². The fourth-order valence-electron chi connectivity index (χ4n) is 2.84. The Morgan fingerprint density at radius 3 is 2.83 bits per heavy atom. The van der Waals surface area contributed by atoms with E-state index >= 15 is 0 Å². The predicted molar refractivity (Wildman–Crippen MR) is 87.4 cm³/mol. The zero-order valence-electron chi connectivity index (χ0n) is 13.0. The number of hydrogen-bond donors (Lipinski definition) is 2. The number of rotatable bonds is 3. The monoisotopic (exact) mass is 325 g/mol. The molecule has 24 heavy (non-hydrogen) atoms. The molecule has 0 saturated carbocycles. The normalized spacial score (nSPS) is 15.1. The second-order valence-electron chi connectivity index (χ2n) is 5.74. The highest BCUT2D eigenvalue weighted by Gasteiger charge is 2.27. The van der Waals surface area contributed by atoms with E-state index in [2.05, 4.69) is 5.32 Å². The quantitative estimate of drug-likeness (QED) is 0.809. The molecular weight excluding hydrogens is 309 g/mol. The molecule has 0 radical (unpaired) electrons. The Hall–Kier alpha value is -2.51. The van der Waals surface area contributed by atoms with Gasteiger partial charge in [-0.1, -0.05) is 12.1 Å². The maximum absolute atomic E-state index is 12.3. The molecule has 2 aliphatic rings. The van der Waals surface area contributed by atoms with E-state index in [4.69, 9.17) is 14.1 Å². The summed E-state index contributed by atoms with van der Waals surface area (Å²) in [5.74, 6) is 1.22. The predicted octanol–water partition coefficient (Wildman–Crippen LogP) is 0.605. The zero-order valence-corrected chi connectivity index (χ0v) is 13.0. The molecule has 6 nitrogen and oxygen atoms in total. The highest BCUT2D eigenvalue weighted by molar-refractivity contribution is 6.61. The van der Waals surface area contributed by atoms with Crippen LogP contribution in [0.3, 0.4) is 0 Å². The first-order valence-corrected chi connectivity index (χ1v) is 7.80. The molecule has 0 spiro atoms. The van der Waals surface area contributed by atoms with Gasteiger partial charge >= 0.3 is 7.12 Å². The van der Waals surface area contributed by atoms with Crippen molar-refractivity contribution in [2.24, 2.45) is 0 Å². The molecule has 0 fully saturated rings. The van der Waals surface area contributed by atoms with E-state index in [0.717, 1.165) is 16.9 Å². The van der Waals surface area contributed by atoms with Crippen LogP contribution in [-0.4, -0.2) is 31.3 Å². The maximum atomic E-state index is 12.3. The van der Waals surface area contributed by atoms with Gasteiger partial charge in [0.1, 0.15) is 13.2 Å². The summed E-state index contributed by atoms with van der Waals surface area (Å²) in [7, 11) is -0.953. The molecule has 4 rings (SSSR count). The molecule has 2 heterocycles. The van der Waals surface area contributed by atoms with E-state index in [1.54, 1.807) is 12.1 Å². The molecule has 2 aliphatic heterocycles. The Balaban J connectivity index is 1.44. The number of amides is 1. The van der Waals surface area contributed by atoms with Gasteiger partial charge < -0.3 is 24.5 Å². The largest absolute Gasteiger partial charge is 0.491 e. The molecule has 7 heteroatoms. The van der Waals surface area contributed by atoms with Crippen LogP contribution in [0.25, 0.3) is 0 Å². The molecule has 2 N–H and O–H groups in total. The lowest BCUT2D eigenvalue weighted by molar-refractivity contribution is 0.0951. The van der Waals surface area contributed by atoms with Crippen LogP contribution in [0.15, 0.2) is 36.4 Å². The summed E-state index contributed by atoms with van der Waals surface area (Å²) in [4.78, 5) is 12.3. The fourth-order valence-corrected chi connectivity index (χ4v) is 2.84. The Bertz CT molecular complexity index is 795. The van der Waals surface area contributed by atoms with Crippen molar-refractivity contribution < 1.29 is 23.9 Å². The Morgan fingerprint density at radius 1 is 1.12 bits per heavy atom. The molecular formula is C17H16BNO5. The molecule has 0 aromatic heterocycles. The summed E-state index contributed by atoms with van der Waals surface area (Å²) in [6.07, 6.45) is 0. The molecule has 122 valence electrons. The van der Waals surface area contributed by atoms with Gasteiger partial charge in [-0.25, -0.2) is 0 Å². The summed E-state index contributed by atoms with van der Waals surface area (Å²) in [6, 6.07) is 10.8. The lowest BCUT2D eigenvalue weighted by atomic mass is 9.79. The van der Waals surface area contributed by atoms with Gasteiger partial charge in [0.15, 0.2) is 11.5 Å². The van der Waals surface area contributed by atoms with E-state index in [1.165, 1.54) is 0 Å². The van der Waals surface area contributed by atoms with Crippen molar-refractivity contribution >= 4 is 18.5 Å². The number of fused-ring (bicyclic) bond motifs is 2. The fraction of sp³-hybridized carbons (Fsp3) is 0.235. The minimum Gasteiger partial charge on any atom is -0.486 e. The van der Waals surface area contributed by atoms with Gasteiger partial charge in [-0.3, -0.25) is 4.79 Å². The Morgan fingerprint density at radius 2 is 1.96 bits per heavy atom. The second kappa shape index (κ2) is 6.18. The second-order valence-corrected chi connectivity index (χ2v) is 5.74. The van der Waals surface area contributed by atoms with Gasteiger partial charge in [-0.2, -0.15) is 0 Å². The summed E-state index contributed by atoms with van der Waals surface area (Å²) >= 11 is 0. The molecule has 0 bridgehead atoms. The van der Waals surface area contributed by atoms with Crippen LogP contribution < -0.4 is 20.3 Å². The highest BCUT2D eigenvalue weighted by Crippen LogP contribution is 2.30. The number of ether oxygens (including phenoxy) is 2. The van der Waals surface area contributed by atoms with E-state index < -0.39 is 7.12 Å². The van der Waals surface area contributed by atoms with Crippen LogP contribution in [0.4, 0.5) is 0 Å². The van der Waals surface area contributed by atoms with Crippen molar-refractivity contribution in [3.8, 4) is 11.5 Å². The molecule has 0 atom stereocenters. The van der Waals surface area contributed by atoms with Gasteiger partial charge in [0, 0.05) is 12.1 Å². The van der Waals surface area contributed by atoms with Gasteiger partial charge in [-0.05, 0) is 40.9 Å². The summed E-state index contributed by atoms with van der Waals surface area (Å²) in [5, 5.41) is 12.6. The van der Waals surface area contributed by atoms with Gasteiger partial charge in [0.2, 0.25) is 0 Å². The van der Waals surface area contributed by atoms with Crippen LogP contribution in [0.1, 0.15) is 21.5 Å². The molecule has 2 aromatic carbocycles. The lowest BCUT2D eigenvalue weighted by Crippen LogP contribution is -2.30. The minimum absolute atomic E-state index is 0.202. The molecule has 2 aromatic rings. The van der Waals surface area contributed by atoms with E-state index in [-0.39, 0.29) is 5.91 Å². The van der Waals surface area contributed by atoms with Crippen molar-refractivity contribution in [1.82, 2.24) is 5.32 Å². The average molecular weight is 325 g/mol. The zero-order chi connectivity index (χ0) is 16.5. The first-order chi connectivity index (χ1) is 11.7. The van der Waals surface area contributed by atoms with E-state index in [9.17, 15) is 9.82 Å². The summed E-state index contributed by atoms with van der Waals surface area (Å²) in [5.41, 5.74) is 2.99. The van der Waals surface area contributed by atoms with Gasteiger partial charge in [0.05, 0.1) is 6.61 Å². The molecule has 0 unspecified atom stereocenters. The molecule has 0 aliphatic carbocycles. The topological polar surface area (TPSA) is 77.0 Å². The van der Waals surface area contributed by atoms with Crippen LogP contribution in [0, 0.1) is 0 Å². The molecule has 0 saturated heterocycles. The third kappa shape index (κ3) is 2.84. The van der Waals surface area contributed by atoms with Crippen molar-refractivity contribution in [2.45, 2.75) is 13.2 Å². The van der Waals surface area contributed by atoms with Gasteiger partial charge in [0.25, 0.3) is 5.91 Å². The number of hydrogen-bond acceptors (Lipinski definition) is 5. The Kier molecular flexibility index (Phi) is 3.88. The van der Waals surface area contributed by atoms with Crippen molar-refractivity contribution in [3.05, 3.63) is 53.1 Å². The summed E-state index contributed by atoms with van der Waals surface area (Å²) < 4.78 is 16.2. The van der Waals surface area contributed by atoms with Crippen molar-refractivity contribution in [2.75, 3.05) is 13.2 Å². The Labute approximate surface area is 139 Å². The first kappa shape index (κ1) is 15.0. The number of benzene rings is 2. The smallest absolute Gasteiger partial charge is 0.486 e. The van der Waals surface area contributed by atoms with E-state index in [0.29, 0.717) is 43.1 Å². The molecule has 1 amide bonds. The van der Waals surface area contributed by atoms with Crippen molar-refractivity contribution in [1.29, 1.82) is 0 Å². The van der Waals surface area contributed by atoms with Crippen LogP contribution in [-0.2, 0) is 17.8 Å². The van der Waals surface area contributed by atoms with Crippen LogP contribution in [0.5, 0.6) is 11.5 Å². The third-order valence-corrected chi connectivity index (χ3v) is 4.13. The summed E-state index contributed by atoms with van der Waals surface area (Å²) in [6.45, 7) is 1.83. The van der Waals surface area contributed by atoms with Gasteiger partial charge in [-0.15, -0.1) is 0 Å². The first-order valence-electron chi connectivity index (χ1n) is 7.80. The van der Waals surface area contributed by atoms with E-state index in [1.807, 2.05) is 24.3 Å². The number of carbonyl (C=O) groups is 1. The average Bonchev–Trinajstić information content (AvgIpc) is 3.00. The minimum atomic E-state index is -0.953. The van der Waals surface area contributed by atoms with Crippen molar-refractivity contribution in [3.63, 3.8) is 0 Å². The van der Waals surface area contributed by atoms with Crippen LogP contribution in [0.2, 0.25) is 0 Å². The highest BCUT2D eigenvalue weighted by atomic mass is 16.6. The lowest BCUT2D eigenvalue weighted by Gasteiger charge is -2.19. The maximum Gasteiger partial charge on any atom is 0.491 e. The third-order valence-electron chi connectivity index (χ3n) is 4.13. The standard InChI is InChI=1S/C17H16BNO5/c20-17(12-2-3-13-10-24-18(21)14(13)8-12)19-9-11-1-4-15-16(7-11)23-6-5-22-15/h1-4,7-8,21H,5-6,9-10H2,(H,19,20). The number of nitrogens with one attached hydrogen (secondary N) is 1. The number of carbonyl (C=O) groups excluding carboxylic acids is 1.